The molecule has 2 aliphatic rings. The lowest BCUT2D eigenvalue weighted by Crippen LogP contribution is -2.47. The Labute approximate surface area is 146 Å². The lowest BCUT2D eigenvalue weighted by Gasteiger charge is -2.34. The quantitative estimate of drug-likeness (QED) is 0.891. The van der Waals surface area contributed by atoms with Crippen LogP contribution in [0, 0.1) is 6.92 Å². The molecular formula is C16H23N7S. The van der Waals surface area contributed by atoms with Crippen molar-refractivity contribution in [2.24, 2.45) is 0 Å². The molecule has 3 heterocycles. The summed E-state index contributed by atoms with van der Waals surface area (Å²) < 4.78 is 0. The van der Waals surface area contributed by atoms with Crippen LogP contribution in [0.5, 0.6) is 0 Å². The average molecular weight is 345 g/mol. The standard InChI is InChI=1S/C16H23N7S/c1-3-17-13-10-11(2)18-15(19-13)22-6-8-23(9-7-22)16-21-20-14(24-16)12-4-5-12/h10,12H,3-9H2,1-2H3,(H,17,18,19). The first-order chi connectivity index (χ1) is 11.7. The summed E-state index contributed by atoms with van der Waals surface area (Å²) in [4.78, 5) is 13.8. The predicted octanol–water partition coefficient (Wildman–Crippen LogP) is 2.27. The van der Waals surface area contributed by atoms with E-state index in [0.717, 1.165) is 55.3 Å². The Bertz CT molecular complexity index is 704. The molecule has 0 spiro atoms. The molecule has 1 N–H and O–H groups in total. The summed E-state index contributed by atoms with van der Waals surface area (Å²) in [6.45, 7) is 8.65. The fourth-order valence-corrected chi connectivity index (χ4v) is 3.98. The Balaban J connectivity index is 1.41. The third kappa shape index (κ3) is 3.28. The first kappa shape index (κ1) is 15.6. The van der Waals surface area contributed by atoms with Crippen LogP contribution in [0.2, 0.25) is 0 Å². The van der Waals surface area contributed by atoms with E-state index in [-0.39, 0.29) is 0 Å². The molecule has 0 atom stereocenters. The van der Waals surface area contributed by atoms with E-state index in [0.29, 0.717) is 5.92 Å². The van der Waals surface area contributed by atoms with Gasteiger partial charge in [0, 0.05) is 50.4 Å². The van der Waals surface area contributed by atoms with Gasteiger partial charge in [0.15, 0.2) is 0 Å². The van der Waals surface area contributed by atoms with Gasteiger partial charge < -0.3 is 15.1 Å². The van der Waals surface area contributed by atoms with Gasteiger partial charge in [-0.05, 0) is 26.7 Å². The van der Waals surface area contributed by atoms with Crippen molar-refractivity contribution in [3.8, 4) is 0 Å². The lowest BCUT2D eigenvalue weighted by atomic mass is 10.3. The van der Waals surface area contributed by atoms with Gasteiger partial charge in [-0.1, -0.05) is 11.3 Å². The molecule has 4 rings (SSSR count). The van der Waals surface area contributed by atoms with E-state index in [9.17, 15) is 0 Å². The molecule has 1 aliphatic carbocycles. The minimum atomic E-state index is 0.683. The Morgan fingerprint density at radius 3 is 2.58 bits per heavy atom. The minimum absolute atomic E-state index is 0.683. The Hall–Kier alpha value is -1.96. The number of hydrogen-bond donors (Lipinski definition) is 1. The fourth-order valence-electron chi connectivity index (χ4n) is 2.91. The molecule has 0 amide bonds. The van der Waals surface area contributed by atoms with Crippen molar-refractivity contribution in [2.45, 2.75) is 32.6 Å². The lowest BCUT2D eigenvalue weighted by molar-refractivity contribution is 0.636. The highest BCUT2D eigenvalue weighted by Gasteiger charge is 2.29. The monoisotopic (exact) mass is 345 g/mol. The van der Waals surface area contributed by atoms with E-state index in [2.05, 4.69) is 42.2 Å². The number of piperazine rings is 1. The maximum absolute atomic E-state index is 4.64. The van der Waals surface area contributed by atoms with Crippen LogP contribution in [-0.4, -0.2) is 52.9 Å². The highest BCUT2D eigenvalue weighted by molar-refractivity contribution is 7.15. The van der Waals surface area contributed by atoms with E-state index in [1.54, 1.807) is 11.3 Å². The molecule has 0 bridgehead atoms. The van der Waals surface area contributed by atoms with E-state index in [1.807, 2.05) is 13.0 Å². The second-order valence-electron chi connectivity index (χ2n) is 6.40. The number of rotatable bonds is 5. The summed E-state index contributed by atoms with van der Waals surface area (Å²) in [5.41, 5.74) is 0.997. The van der Waals surface area contributed by atoms with Crippen LogP contribution in [0.15, 0.2) is 6.07 Å². The maximum Gasteiger partial charge on any atom is 0.227 e. The molecular weight excluding hydrogens is 322 g/mol. The van der Waals surface area contributed by atoms with Gasteiger partial charge in [-0.2, -0.15) is 4.98 Å². The van der Waals surface area contributed by atoms with E-state index >= 15 is 0 Å². The molecule has 1 aliphatic heterocycles. The zero-order chi connectivity index (χ0) is 16.5. The first-order valence-electron chi connectivity index (χ1n) is 8.66. The van der Waals surface area contributed by atoms with Gasteiger partial charge in [-0.15, -0.1) is 10.2 Å². The van der Waals surface area contributed by atoms with Crippen molar-refractivity contribution in [2.75, 3.05) is 47.8 Å². The maximum atomic E-state index is 4.64. The highest BCUT2D eigenvalue weighted by Crippen LogP contribution is 2.42. The second kappa shape index (κ2) is 6.51. The zero-order valence-electron chi connectivity index (χ0n) is 14.2. The summed E-state index contributed by atoms with van der Waals surface area (Å²) >= 11 is 1.76. The molecule has 2 aromatic rings. The Kier molecular flexibility index (Phi) is 4.22. The van der Waals surface area contributed by atoms with Crippen molar-refractivity contribution >= 4 is 28.2 Å². The summed E-state index contributed by atoms with van der Waals surface area (Å²) in [7, 11) is 0. The van der Waals surface area contributed by atoms with Crippen LogP contribution in [0.1, 0.15) is 36.4 Å². The van der Waals surface area contributed by atoms with Gasteiger partial charge in [0.05, 0.1) is 0 Å². The van der Waals surface area contributed by atoms with Crippen molar-refractivity contribution in [3.05, 3.63) is 16.8 Å². The van der Waals surface area contributed by atoms with Crippen molar-refractivity contribution in [3.63, 3.8) is 0 Å². The molecule has 7 nitrogen and oxygen atoms in total. The number of nitrogens with zero attached hydrogens (tertiary/aromatic N) is 6. The van der Waals surface area contributed by atoms with Gasteiger partial charge in [0.2, 0.25) is 11.1 Å². The van der Waals surface area contributed by atoms with Crippen LogP contribution >= 0.6 is 11.3 Å². The molecule has 128 valence electrons. The molecule has 0 radical (unpaired) electrons. The van der Waals surface area contributed by atoms with Gasteiger partial charge in [0.1, 0.15) is 10.8 Å². The normalized spacial score (nSPS) is 18.1. The molecule has 24 heavy (non-hydrogen) atoms. The Morgan fingerprint density at radius 1 is 1.12 bits per heavy atom. The Morgan fingerprint density at radius 2 is 1.88 bits per heavy atom. The van der Waals surface area contributed by atoms with Gasteiger partial charge in [-0.25, -0.2) is 4.98 Å². The molecule has 8 heteroatoms. The number of anilines is 3. The number of aromatic nitrogens is 4. The number of hydrogen-bond acceptors (Lipinski definition) is 8. The molecule has 2 aromatic heterocycles. The third-order valence-corrected chi connectivity index (χ3v) is 5.54. The molecule has 1 saturated heterocycles. The van der Waals surface area contributed by atoms with Gasteiger partial charge in [0.25, 0.3) is 0 Å². The van der Waals surface area contributed by atoms with E-state index in [4.69, 9.17) is 0 Å². The van der Waals surface area contributed by atoms with Crippen LogP contribution in [0.25, 0.3) is 0 Å². The summed E-state index contributed by atoms with van der Waals surface area (Å²) in [6.07, 6.45) is 2.56. The smallest absolute Gasteiger partial charge is 0.227 e. The number of nitrogens with one attached hydrogen (secondary N) is 1. The zero-order valence-corrected chi connectivity index (χ0v) is 15.0. The summed E-state index contributed by atoms with van der Waals surface area (Å²) in [5.74, 6) is 2.41. The van der Waals surface area contributed by atoms with Gasteiger partial charge >= 0.3 is 0 Å². The topological polar surface area (TPSA) is 70.1 Å². The average Bonchev–Trinajstić information content (AvgIpc) is 3.32. The highest BCUT2D eigenvalue weighted by atomic mass is 32.1. The third-order valence-electron chi connectivity index (χ3n) is 4.39. The fraction of sp³-hybridized carbons (Fsp3) is 0.625. The molecule has 2 fully saturated rings. The summed E-state index contributed by atoms with van der Waals surface area (Å²) in [6, 6.07) is 1.99. The molecule has 0 aromatic carbocycles. The van der Waals surface area contributed by atoms with Crippen LogP contribution in [0.3, 0.4) is 0 Å². The molecule has 0 unspecified atom stereocenters. The molecule has 1 saturated carbocycles. The van der Waals surface area contributed by atoms with Crippen molar-refractivity contribution in [1.82, 2.24) is 20.2 Å². The first-order valence-corrected chi connectivity index (χ1v) is 9.47. The minimum Gasteiger partial charge on any atom is -0.370 e. The van der Waals surface area contributed by atoms with Crippen LogP contribution in [0.4, 0.5) is 16.9 Å². The van der Waals surface area contributed by atoms with Crippen molar-refractivity contribution in [1.29, 1.82) is 0 Å². The largest absolute Gasteiger partial charge is 0.370 e. The van der Waals surface area contributed by atoms with Crippen molar-refractivity contribution < 1.29 is 0 Å². The van der Waals surface area contributed by atoms with Crippen LogP contribution in [-0.2, 0) is 0 Å². The number of aryl methyl sites for hydroxylation is 1. The van der Waals surface area contributed by atoms with E-state index in [1.165, 1.54) is 17.8 Å². The van der Waals surface area contributed by atoms with Crippen LogP contribution < -0.4 is 15.1 Å². The second-order valence-corrected chi connectivity index (χ2v) is 7.38. The summed E-state index contributed by atoms with van der Waals surface area (Å²) in [5, 5.41) is 14.3. The van der Waals surface area contributed by atoms with E-state index < -0.39 is 0 Å². The predicted molar refractivity (Wildman–Crippen MR) is 97.2 cm³/mol. The van der Waals surface area contributed by atoms with Gasteiger partial charge in [-0.3, -0.25) is 0 Å². The SMILES string of the molecule is CCNc1cc(C)nc(N2CCN(c3nnc(C4CC4)s3)CC2)n1.